The molecule has 1 atom stereocenters. The molecule has 1 unspecified atom stereocenters. The van der Waals surface area contributed by atoms with E-state index in [4.69, 9.17) is 0 Å². The van der Waals surface area contributed by atoms with Gasteiger partial charge in [-0.2, -0.15) is 0 Å². The Balaban J connectivity index is 2.05. The van der Waals surface area contributed by atoms with Gasteiger partial charge in [0.05, 0.1) is 5.52 Å². The molecule has 3 heteroatoms. The van der Waals surface area contributed by atoms with Crippen molar-refractivity contribution in [1.82, 2.24) is 4.98 Å². The Bertz CT molecular complexity index is 742. The fraction of sp³-hybridized carbons (Fsp3) is 0.118. The van der Waals surface area contributed by atoms with Gasteiger partial charge in [-0.3, -0.25) is 4.98 Å². The Hall–Kier alpha value is -1.84. The quantitative estimate of drug-likeness (QED) is 0.736. The SMILES string of the molecule is CSc1ccccc1C(O)c1ccc2ncccc2c1. The molecular weight excluding hydrogens is 266 g/mol. The highest BCUT2D eigenvalue weighted by Gasteiger charge is 2.14. The van der Waals surface area contributed by atoms with E-state index >= 15 is 0 Å². The highest BCUT2D eigenvalue weighted by atomic mass is 32.2. The minimum absolute atomic E-state index is 0.608. The standard InChI is InChI=1S/C17H15NOS/c1-20-16-7-3-2-6-14(16)17(19)13-8-9-15-12(11-13)5-4-10-18-15/h2-11,17,19H,1H3. The molecular formula is C17H15NOS. The second kappa shape index (κ2) is 5.65. The number of aromatic nitrogens is 1. The fourth-order valence-corrected chi connectivity index (χ4v) is 2.97. The molecule has 0 spiro atoms. The van der Waals surface area contributed by atoms with Crippen molar-refractivity contribution < 1.29 is 5.11 Å². The van der Waals surface area contributed by atoms with Crippen LogP contribution < -0.4 is 0 Å². The number of nitrogens with zero attached hydrogens (tertiary/aromatic N) is 1. The first kappa shape index (κ1) is 13.2. The minimum atomic E-state index is -0.608. The van der Waals surface area contributed by atoms with Gasteiger partial charge in [-0.1, -0.05) is 30.3 Å². The Morgan fingerprint density at radius 3 is 2.75 bits per heavy atom. The van der Waals surface area contributed by atoms with Gasteiger partial charge >= 0.3 is 0 Å². The summed E-state index contributed by atoms with van der Waals surface area (Å²) in [5.41, 5.74) is 2.79. The highest BCUT2D eigenvalue weighted by molar-refractivity contribution is 7.98. The maximum atomic E-state index is 10.6. The number of hydrogen-bond acceptors (Lipinski definition) is 3. The van der Waals surface area contributed by atoms with Crippen LogP contribution in [0.2, 0.25) is 0 Å². The van der Waals surface area contributed by atoms with E-state index in [1.54, 1.807) is 18.0 Å². The lowest BCUT2D eigenvalue weighted by Crippen LogP contribution is -2.01. The summed E-state index contributed by atoms with van der Waals surface area (Å²) in [6.45, 7) is 0. The smallest absolute Gasteiger partial charge is 0.105 e. The largest absolute Gasteiger partial charge is 0.384 e. The maximum absolute atomic E-state index is 10.6. The summed E-state index contributed by atoms with van der Waals surface area (Å²) in [4.78, 5) is 5.41. The van der Waals surface area contributed by atoms with E-state index in [0.717, 1.165) is 26.9 Å². The average Bonchev–Trinajstić information content (AvgIpc) is 2.53. The highest BCUT2D eigenvalue weighted by Crippen LogP contribution is 2.31. The van der Waals surface area contributed by atoms with Crippen LogP contribution in [0, 0.1) is 0 Å². The van der Waals surface area contributed by atoms with E-state index in [9.17, 15) is 5.11 Å². The number of hydrogen-bond donors (Lipinski definition) is 1. The molecule has 1 heterocycles. The molecule has 3 rings (SSSR count). The molecule has 0 aliphatic carbocycles. The summed E-state index contributed by atoms with van der Waals surface area (Å²) in [6.07, 6.45) is 3.19. The van der Waals surface area contributed by atoms with Gasteiger partial charge in [0.15, 0.2) is 0 Å². The Morgan fingerprint density at radius 2 is 1.90 bits per heavy atom. The molecule has 20 heavy (non-hydrogen) atoms. The van der Waals surface area contributed by atoms with E-state index in [1.807, 2.05) is 60.9 Å². The van der Waals surface area contributed by atoms with Crippen molar-refractivity contribution in [3.8, 4) is 0 Å². The predicted molar refractivity (Wildman–Crippen MR) is 84.0 cm³/mol. The van der Waals surface area contributed by atoms with Gasteiger partial charge in [-0.05, 0) is 41.6 Å². The number of aliphatic hydroxyl groups excluding tert-OH is 1. The molecule has 1 aromatic heterocycles. The number of aliphatic hydroxyl groups is 1. The Kier molecular flexibility index (Phi) is 3.72. The van der Waals surface area contributed by atoms with Crippen LogP contribution in [-0.4, -0.2) is 16.3 Å². The summed E-state index contributed by atoms with van der Waals surface area (Å²) >= 11 is 1.65. The molecule has 0 saturated heterocycles. The number of pyridine rings is 1. The molecule has 0 saturated carbocycles. The second-order valence-electron chi connectivity index (χ2n) is 4.60. The van der Waals surface area contributed by atoms with Gasteiger partial charge in [-0.25, -0.2) is 0 Å². The molecule has 0 bridgehead atoms. The van der Waals surface area contributed by atoms with Crippen LogP contribution in [0.1, 0.15) is 17.2 Å². The van der Waals surface area contributed by atoms with Crippen LogP contribution in [-0.2, 0) is 0 Å². The van der Waals surface area contributed by atoms with Crippen LogP contribution in [0.5, 0.6) is 0 Å². The molecule has 1 N–H and O–H groups in total. The van der Waals surface area contributed by atoms with Crippen LogP contribution in [0.25, 0.3) is 10.9 Å². The Labute approximate surface area is 122 Å². The van der Waals surface area contributed by atoms with Crippen LogP contribution in [0.15, 0.2) is 65.7 Å². The van der Waals surface area contributed by atoms with Gasteiger partial charge in [0.1, 0.15) is 6.10 Å². The number of rotatable bonds is 3. The monoisotopic (exact) mass is 281 g/mol. The van der Waals surface area contributed by atoms with Gasteiger partial charge < -0.3 is 5.11 Å². The van der Waals surface area contributed by atoms with Crippen LogP contribution in [0.3, 0.4) is 0 Å². The summed E-state index contributed by atoms with van der Waals surface area (Å²) in [5.74, 6) is 0. The first-order chi connectivity index (χ1) is 9.79. The van der Waals surface area contributed by atoms with Crippen LogP contribution in [0.4, 0.5) is 0 Å². The van der Waals surface area contributed by atoms with Crippen molar-refractivity contribution >= 4 is 22.7 Å². The molecule has 100 valence electrons. The van der Waals surface area contributed by atoms with E-state index in [0.29, 0.717) is 0 Å². The maximum Gasteiger partial charge on any atom is 0.105 e. The fourth-order valence-electron chi connectivity index (χ4n) is 2.34. The summed E-state index contributed by atoms with van der Waals surface area (Å²) in [7, 11) is 0. The minimum Gasteiger partial charge on any atom is -0.384 e. The van der Waals surface area contributed by atoms with Crippen molar-refractivity contribution in [3.63, 3.8) is 0 Å². The lowest BCUT2D eigenvalue weighted by Gasteiger charge is -2.15. The lowest BCUT2D eigenvalue weighted by molar-refractivity contribution is 0.217. The number of benzene rings is 2. The molecule has 0 aliphatic rings. The van der Waals surface area contributed by atoms with Crippen LogP contribution >= 0.6 is 11.8 Å². The van der Waals surface area contributed by atoms with Crippen molar-refractivity contribution in [2.75, 3.05) is 6.26 Å². The lowest BCUT2D eigenvalue weighted by atomic mass is 10.00. The second-order valence-corrected chi connectivity index (χ2v) is 5.45. The normalized spacial score (nSPS) is 12.5. The van der Waals surface area contributed by atoms with E-state index in [2.05, 4.69) is 4.98 Å². The molecule has 3 aromatic rings. The predicted octanol–water partition coefficient (Wildman–Crippen LogP) is 4.04. The molecule has 0 fully saturated rings. The van der Waals surface area contributed by atoms with Crippen molar-refractivity contribution in [3.05, 3.63) is 71.9 Å². The Morgan fingerprint density at radius 1 is 1.05 bits per heavy atom. The molecule has 2 nitrogen and oxygen atoms in total. The van der Waals surface area contributed by atoms with Gasteiger partial charge in [-0.15, -0.1) is 11.8 Å². The average molecular weight is 281 g/mol. The summed E-state index contributed by atoms with van der Waals surface area (Å²) in [5, 5.41) is 11.7. The van der Waals surface area contributed by atoms with E-state index in [1.165, 1.54) is 0 Å². The third-order valence-corrected chi connectivity index (χ3v) is 4.19. The zero-order valence-electron chi connectivity index (χ0n) is 11.2. The first-order valence-corrected chi connectivity index (χ1v) is 7.68. The number of fused-ring (bicyclic) bond motifs is 1. The van der Waals surface area contributed by atoms with E-state index in [-0.39, 0.29) is 0 Å². The van der Waals surface area contributed by atoms with Crippen molar-refractivity contribution in [1.29, 1.82) is 0 Å². The zero-order valence-corrected chi connectivity index (χ0v) is 12.0. The molecule has 2 aromatic carbocycles. The molecule has 0 aliphatic heterocycles. The van der Waals surface area contributed by atoms with Gasteiger partial charge in [0.25, 0.3) is 0 Å². The zero-order chi connectivity index (χ0) is 13.9. The van der Waals surface area contributed by atoms with Gasteiger partial charge in [0.2, 0.25) is 0 Å². The van der Waals surface area contributed by atoms with E-state index < -0.39 is 6.10 Å². The van der Waals surface area contributed by atoms with Crippen molar-refractivity contribution in [2.45, 2.75) is 11.0 Å². The van der Waals surface area contributed by atoms with Gasteiger partial charge in [0, 0.05) is 16.5 Å². The third kappa shape index (κ3) is 2.42. The summed E-state index contributed by atoms with van der Waals surface area (Å²) in [6, 6.07) is 17.8. The molecule has 0 radical (unpaired) electrons. The van der Waals surface area contributed by atoms with Crippen molar-refractivity contribution in [2.24, 2.45) is 0 Å². The topological polar surface area (TPSA) is 33.1 Å². The number of thioether (sulfide) groups is 1. The third-order valence-electron chi connectivity index (χ3n) is 3.38. The molecule has 0 amide bonds. The first-order valence-electron chi connectivity index (χ1n) is 6.45. The summed E-state index contributed by atoms with van der Waals surface area (Å²) < 4.78 is 0.